The quantitative estimate of drug-likeness (QED) is 0.747. The van der Waals surface area contributed by atoms with Crippen molar-refractivity contribution in [1.29, 1.82) is 0 Å². The first-order chi connectivity index (χ1) is 9.42. The van der Waals surface area contributed by atoms with E-state index in [1.54, 1.807) is 11.8 Å². The summed E-state index contributed by atoms with van der Waals surface area (Å²) in [4.78, 5) is 25.3. The van der Waals surface area contributed by atoms with Gasteiger partial charge in [-0.1, -0.05) is 13.3 Å². The second-order valence-electron chi connectivity index (χ2n) is 6.17. The fourth-order valence-corrected chi connectivity index (χ4v) is 2.90. The summed E-state index contributed by atoms with van der Waals surface area (Å²) in [6.07, 6.45) is 4.78. The van der Waals surface area contributed by atoms with E-state index in [2.05, 4.69) is 6.92 Å². The summed E-state index contributed by atoms with van der Waals surface area (Å²) >= 11 is 0. The molecule has 0 aromatic heterocycles. The van der Waals surface area contributed by atoms with Crippen LogP contribution < -0.4 is 5.73 Å². The number of likely N-dealkylation sites (tertiary alicyclic amines) is 1. The third kappa shape index (κ3) is 4.47. The highest BCUT2D eigenvalue weighted by molar-refractivity contribution is 5.79. The van der Waals surface area contributed by atoms with E-state index in [1.807, 2.05) is 0 Å². The summed E-state index contributed by atoms with van der Waals surface area (Å²) in [6, 6.07) is 0. The number of carbonyl (C=O) groups excluding carboxylic acids is 1. The van der Waals surface area contributed by atoms with Crippen molar-refractivity contribution >= 4 is 11.9 Å². The third-order valence-corrected chi connectivity index (χ3v) is 4.48. The molecule has 5 nitrogen and oxygen atoms in total. The Labute approximate surface area is 121 Å². The molecule has 20 heavy (non-hydrogen) atoms. The molecule has 1 aliphatic rings. The van der Waals surface area contributed by atoms with Crippen molar-refractivity contribution in [3.63, 3.8) is 0 Å². The first kappa shape index (κ1) is 17.0. The van der Waals surface area contributed by atoms with E-state index >= 15 is 0 Å². The monoisotopic (exact) mass is 284 g/mol. The van der Waals surface area contributed by atoms with Crippen LogP contribution in [-0.2, 0) is 9.59 Å². The number of carboxylic acid groups (broad SMARTS) is 1. The Morgan fingerprint density at radius 2 is 2.10 bits per heavy atom. The average Bonchev–Trinajstić information content (AvgIpc) is 2.43. The van der Waals surface area contributed by atoms with Gasteiger partial charge in [0.25, 0.3) is 0 Å². The lowest BCUT2D eigenvalue weighted by Crippen LogP contribution is -2.48. The molecule has 0 aliphatic carbocycles. The summed E-state index contributed by atoms with van der Waals surface area (Å²) in [5.41, 5.74) is 4.78. The van der Waals surface area contributed by atoms with Gasteiger partial charge in [-0.2, -0.15) is 0 Å². The smallest absolute Gasteiger partial charge is 0.311 e. The van der Waals surface area contributed by atoms with Crippen LogP contribution in [0.2, 0.25) is 0 Å². The Kier molecular flexibility index (Phi) is 6.46. The second kappa shape index (κ2) is 7.62. The number of piperidine rings is 1. The molecule has 0 aromatic carbocycles. The lowest BCUT2D eigenvalue weighted by Gasteiger charge is -2.37. The van der Waals surface area contributed by atoms with E-state index in [9.17, 15) is 14.7 Å². The van der Waals surface area contributed by atoms with Crippen molar-refractivity contribution in [2.75, 3.05) is 19.6 Å². The number of nitrogens with two attached hydrogens (primary N) is 1. The molecule has 0 bridgehead atoms. The zero-order valence-electron chi connectivity index (χ0n) is 12.7. The summed E-state index contributed by atoms with van der Waals surface area (Å²) in [6.45, 7) is 5.54. The lowest BCUT2D eigenvalue weighted by atomic mass is 9.82. The van der Waals surface area contributed by atoms with Crippen LogP contribution in [0, 0.1) is 11.3 Å². The minimum absolute atomic E-state index is 0.0904. The fourth-order valence-electron chi connectivity index (χ4n) is 2.90. The fraction of sp³-hybridized carbons (Fsp3) is 0.867. The lowest BCUT2D eigenvalue weighted by molar-refractivity contribution is -0.153. The van der Waals surface area contributed by atoms with Gasteiger partial charge in [-0.3, -0.25) is 9.59 Å². The molecule has 1 fully saturated rings. The first-order valence-corrected chi connectivity index (χ1v) is 7.64. The molecule has 0 spiro atoms. The van der Waals surface area contributed by atoms with Crippen molar-refractivity contribution in [2.24, 2.45) is 17.1 Å². The Hall–Kier alpha value is -1.10. The van der Waals surface area contributed by atoms with E-state index < -0.39 is 11.4 Å². The van der Waals surface area contributed by atoms with Crippen LogP contribution in [0.15, 0.2) is 0 Å². The summed E-state index contributed by atoms with van der Waals surface area (Å²) < 4.78 is 0. The van der Waals surface area contributed by atoms with Crippen molar-refractivity contribution < 1.29 is 14.7 Å². The molecule has 1 rings (SSSR count). The summed E-state index contributed by atoms with van der Waals surface area (Å²) in [5.74, 6) is -0.211. The third-order valence-electron chi connectivity index (χ3n) is 4.48. The van der Waals surface area contributed by atoms with Crippen molar-refractivity contribution in [3.05, 3.63) is 0 Å². The average molecular weight is 284 g/mol. The largest absolute Gasteiger partial charge is 0.481 e. The van der Waals surface area contributed by atoms with Gasteiger partial charge in [0.2, 0.25) is 5.91 Å². The number of hydrogen-bond acceptors (Lipinski definition) is 3. The topological polar surface area (TPSA) is 83.6 Å². The van der Waals surface area contributed by atoms with Gasteiger partial charge in [-0.15, -0.1) is 0 Å². The summed E-state index contributed by atoms with van der Waals surface area (Å²) in [5, 5.41) is 9.27. The standard InChI is InChI=1S/C15H28N2O3/c1-3-12(7-9-16)5-6-13(18)17-10-4-8-15(2,11-17)14(19)20/h12H,3-11,16H2,1-2H3,(H,19,20). The molecule has 2 atom stereocenters. The number of carbonyl (C=O) groups is 2. The molecule has 1 saturated heterocycles. The van der Waals surface area contributed by atoms with Gasteiger partial charge >= 0.3 is 5.97 Å². The maximum absolute atomic E-state index is 12.2. The highest BCUT2D eigenvalue weighted by atomic mass is 16.4. The molecule has 0 radical (unpaired) electrons. The SMILES string of the molecule is CCC(CCN)CCC(=O)N1CCCC(C)(C(=O)O)C1. The normalized spacial score (nSPS) is 24.4. The number of nitrogens with zero attached hydrogens (tertiary/aromatic N) is 1. The highest BCUT2D eigenvalue weighted by Gasteiger charge is 2.39. The molecule has 0 saturated carbocycles. The Morgan fingerprint density at radius 3 is 2.65 bits per heavy atom. The molecular formula is C15H28N2O3. The predicted octanol–water partition coefficient (Wildman–Crippen LogP) is 1.85. The van der Waals surface area contributed by atoms with Crippen LogP contribution in [0.5, 0.6) is 0 Å². The number of carboxylic acids is 1. The van der Waals surface area contributed by atoms with E-state index in [0.717, 1.165) is 25.7 Å². The number of hydrogen-bond donors (Lipinski definition) is 2. The predicted molar refractivity (Wildman–Crippen MR) is 78.2 cm³/mol. The van der Waals surface area contributed by atoms with E-state index in [-0.39, 0.29) is 5.91 Å². The number of amides is 1. The molecule has 1 amide bonds. The second-order valence-corrected chi connectivity index (χ2v) is 6.17. The number of aliphatic carboxylic acids is 1. The van der Waals surface area contributed by atoms with Crippen molar-refractivity contribution in [2.45, 2.75) is 52.4 Å². The zero-order chi connectivity index (χ0) is 15.2. The van der Waals surface area contributed by atoms with Gasteiger partial charge in [0.15, 0.2) is 0 Å². The van der Waals surface area contributed by atoms with Crippen LogP contribution in [0.25, 0.3) is 0 Å². The van der Waals surface area contributed by atoms with Crippen LogP contribution in [-0.4, -0.2) is 41.5 Å². The molecule has 2 unspecified atom stereocenters. The maximum atomic E-state index is 12.2. The van der Waals surface area contributed by atoms with E-state index in [4.69, 9.17) is 5.73 Å². The van der Waals surface area contributed by atoms with Gasteiger partial charge in [0, 0.05) is 19.5 Å². The Bertz CT molecular complexity index is 346. The van der Waals surface area contributed by atoms with Gasteiger partial charge in [0.1, 0.15) is 0 Å². The molecule has 3 N–H and O–H groups in total. The minimum atomic E-state index is -0.801. The molecule has 116 valence electrons. The molecule has 1 aliphatic heterocycles. The van der Waals surface area contributed by atoms with E-state index in [1.165, 1.54) is 0 Å². The van der Waals surface area contributed by atoms with Crippen LogP contribution in [0.4, 0.5) is 0 Å². The molecule has 1 heterocycles. The maximum Gasteiger partial charge on any atom is 0.311 e. The number of rotatable bonds is 7. The van der Waals surface area contributed by atoms with Crippen molar-refractivity contribution in [1.82, 2.24) is 4.90 Å². The Morgan fingerprint density at radius 1 is 1.40 bits per heavy atom. The molecule has 5 heteroatoms. The van der Waals surface area contributed by atoms with Gasteiger partial charge in [-0.25, -0.2) is 0 Å². The molecular weight excluding hydrogens is 256 g/mol. The van der Waals surface area contributed by atoms with Gasteiger partial charge < -0.3 is 15.7 Å². The molecule has 0 aromatic rings. The van der Waals surface area contributed by atoms with Crippen LogP contribution in [0.1, 0.15) is 52.4 Å². The summed E-state index contributed by atoms with van der Waals surface area (Å²) in [7, 11) is 0. The minimum Gasteiger partial charge on any atom is -0.481 e. The van der Waals surface area contributed by atoms with Gasteiger partial charge in [-0.05, 0) is 45.1 Å². The van der Waals surface area contributed by atoms with Crippen LogP contribution in [0.3, 0.4) is 0 Å². The van der Waals surface area contributed by atoms with Crippen LogP contribution >= 0.6 is 0 Å². The van der Waals surface area contributed by atoms with Crippen molar-refractivity contribution in [3.8, 4) is 0 Å². The Balaban J connectivity index is 2.49. The highest BCUT2D eigenvalue weighted by Crippen LogP contribution is 2.30. The first-order valence-electron chi connectivity index (χ1n) is 7.64. The zero-order valence-corrected chi connectivity index (χ0v) is 12.7. The van der Waals surface area contributed by atoms with Gasteiger partial charge in [0.05, 0.1) is 5.41 Å². The van der Waals surface area contributed by atoms with E-state index in [0.29, 0.717) is 38.4 Å².